The summed E-state index contributed by atoms with van der Waals surface area (Å²) in [4.78, 5) is 8.09. The fourth-order valence-electron chi connectivity index (χ4n) is 1.01. The predicted octanol–water partition coefficient (Wildman–Crippen LogP) is 0.858. The fourth-order valence-corrected chi connectivity index (χ4v) is 2.04. The van der Waals surface area contributed by atoms with Gasteiger partial charge in [-0.25, -0.2) is 9.97 Å². The Hall–Kier alpha value is -0.810. The lowest BCUT2D eigenvalue weighted by atomic mass is 10.3. The van der Waals surface area contributed by atoms with Crippen LogP contribution in [0.25, 0.3) is 0 Å². The molecule has 1 fully saturated rings. The van der Waals surface area contributed by atoms with Crippen molar-refractivity contribution in [2.75, 3.05) is 18.9 Å². The Morgan fingerprint density at radius 2 is 2.31 bits per heavy atom. The van der Waals surface area contributed by atoms with E-state index in [4.69, 9.17) is 10.5 Å². The molecule has 1 saturated heterocycles. The lowest BCUT2D eigenvalue weighted by Crippen LogP contribution is -2.30. The number of hydrogen-bond acceptors (Lipinski definition) is 5. The van der Waals surface area contributed by atoms with Gasteiger partial charge in [-0.15, -0.1) is 0 Å². The molecular weight excluding hydrogens is 186 g/mol. The van der Waals surface area contributed by atoms with Gasteiger partial charge >= 0.3 is 0 Å². The predicted molar refractivity (Wildman–Crippen MR) is 51.6 cm³/mol. The van der Waals surface area contributed by atoms with Crippen molar-refractivity contribution in [3.63, 3.8) is 0 Å². The van der Waals surface area contributed by atoms with Gasteiger partial charge in [-0.05, 0) is 6.92 Å². The van der Waals surface area contributed by atoms with Crippen molar-refractivity contribution in [2.45, 2.75) is 17.2 Å². The molecule has 0 saturated carbocycles. The van der Waals surface area contributed by atoms with Crippen molar-refractivity contribution >= 4 is 17.6 Å². The van der Waals surface area contributed by atoms with E-state index in [9.17, 15) is 0 Å². The number of thioether (sulfide) groups is 1. The number of rotatable bonds is 2. The Labute approximate surface area is 80.9 Å². The van der Waals surface area contributed by atoms with Gasteiger partial charge in [0.25, 0.3) is 0 Å². The molecule has 70 valence electrons. The first-order chi connectivity index (χ1) is 6.27. The molecule has 0 atom stereocenters. The summed E-state index contributed by atoms with van der Waals surface area (Å²) in [5, 5.41) is 1.51. The van der Waals surface area contributed by atoms with Crippen molar-refractivity contribution in [3.8, 4) is 0 Å². The summed E-state index contributed by atoms with van der Waals surface area (Å²) in [6.07, 6.45) is 1.50. The minimum absolute atomic E-state index is 0.535. The molecule has 0 bridgehead atoms. The van der Waals surface area contributed by atoms with Crippen molar-refractivity contribution in [1.82, 2.24) is 9.97 Å². The number of nitrogen functional groups attached to an aromatic ring is 1. The molecule has 1 aromatic rings. The highest BCUT2D eigenvalue weighted by molar-refractivity contribution is 8.00. The third kappa shape index (κ3) is 1.76. The summed E-state index contributed by atoms with van der Waals surface area (Å²) in [6.45, 7) is 3.57. The summed E-state index contributed by atoms with van der Waals surface area (Å²) in [7, 11) is 0. The molecule has 0 unspecified atom stereocenters. The van der Waals surface area contributed by atoms with Gasteiger partial charge in [0, 0.05) is 5.56 Å². The SMILES string of the molecule is Cc1c(N)ncnc1SC1COC1. The second-order valence-electron chi connectivity index (χ2n) is 2.97. The standard InChI is InChI=1S/C8H11N3OS/c1-5-7(9)10-4-11-8(5)13-6-2-12-3-6/h4,6H,2-3H2,1H3,(H2,9,10,11). The molecule has 5 heteroatoms. The highest BCUT2D eigenvalue weighted by atomic mass is 32.2. The smallest absolute Gasteiger partial charge is 0.130 e. The van der Waals surface area contributed by atoms with Crippen molar-refractivity contribution in [1.29, 1.82) is 0 Å². The molecule has 2 N–H and O–H groups in total. The lowest BCUT2D eigenvalue weighted by Gasteiger charge is -2.25. The number of anilines is 1. The quantitative estimate of drug-likeness (QED) is 0.712. The Balaban J connectivity index is 2.14. The molecule has 13 heavy (non-hydrogen) atoms. The van der Waals surface area contributed by atoms with E-state index in [1.54, 1.807) is 11.8 Å². The largest absolute Gasteiger partial charge is 0.383 e. The van der Waals surface area contributed by atoms with E-state index in [1.165, 1.54) is 6.33 Å². The first-order valence-corrected chi connectivity index (χ1v) is 4.97. The molecule has 0 aromatic carbocycles. The van der Waals surface area contributed by atoms with E-state index in [-0.39, 0.29) is 0 Å². The number of ether oxygens (including phenoxy) is 1. The second kappa shape index (κ2) is 3.51. The van der Waals surface area contributed by atoms with Crippen molar-refractivity contribution in [3.05, 3.63) is 11.9 Å². The topological polar surface area (TPSA) is 61.0 Å². The van der Waals surface area contributed by atoms with Crippen LogP contribution in [-0.2, 0) is 4.74 Å². The molecule has 0 spiro atoms. The maximum atomic E-state index is 5.66. The fraction of sp³-hybridized carbons (Fsp3) is 0.500. The maximum Gasteiger partial charge on any atom is 0.130 e. The van der Waals surface area contributed by atoms with E-state index >= 15 is 0 Å². The normalized spacial score (nSPS) is 17.0. The molecule has 0 amide bonds. The summed E-state index contributed by atoms with van der Waals surface area (Å²) < 4.78 is 5.08. The van der Waals surface area contributed by atoms with Gasteiger partial charge in [0.1, 0.15) is 17.2 Å². The Morgan fingerprint density at radius 3 is 2.92 bits per heavy atom. The Bertz CT molecular complexity index is 314. The third-order valence-electron chi connectivity index (χ3n) is 1.96. The molecule has 2 heterocycles. The molecule has 1 aliphatic rings. The van der Waals surface area contributed by atoms with Gasteiger partial charge in [0.2, 0.25) is 0 Å². The zero-order valence-electron chi connectivity index (χ0n) is 7.36. The molecule has 0 aliphatic carbocycles. The highest BCUT2D eigenvalue weighted by Crippen LogP contribution is 2.29. The summed E-state index contributed by atoms with van der Waals surface area (Å²) in [6, 6.07) is 0. The van der Waals surface area contributed by atoms with E-state index < -0.39 is 0 Å². The van der Waals surface area contributed by atoms with Crippen LogP contribution in [0.1, 0.15) is 5.56 Å². The van der Waals surface area contributed by atoms with E-state index in [0.717, 1.165) is 23.8 Å². The first-order valence-electron chi connectivity index (χ1n) is 4.09. The van der Waals surface area contributed by atoms with E-state index in [1.807, 2.05) is 6.92 Å². The minimum Gasteiger partial charge on any atom is -0.383 e. The monoisotopic (exact) mass is 197 g/mol. The molecular formula is C8H11N3OS. The Kier molecular flexibility index (Phi) is 2.37. The highest BCUT2D eigenvalue weighted by Gasteiger charge is 2.21. The second-order valence-corrected chi connectivity index (χ2v) is 4.26. The van der Waals surface area contributed by atoms with Crippen LogP contribution in [0.15, 0.2) is 11.4 Å². The van der Waals surface area contributed by atoms with Crippen LogP contribution in [0.4, 0.5) is 5.82 Å². The van der Waals surface area contributed by atoms with Gasteiger partial charge in [-0.2, -0.15) is 0 Å². The van der Waals surface area contributed by atoms with Crippen LogP contribution < -0.4 is 5.73 Å². The molecule has 0 radical (unpaired) electrons. The van der Waals surface area contributed by atoms with Gasteiger partial charge in [-0.1, -0.05) is 11.8 Å². The zero-order valence-corrected chi connectivity index (χ0v) is 8.17. The van der Waals surface area contributed by atoms with Crippen molar-refractivity contribution in [2.24, 2.45) is 0 Å². The van der Waals surface area contributed by atoms with Crippen LogP contribution in [0, 0.1) is 6.92 Å². The molecule has 2 rings (SSSR count). The lowest BCUT2D eigenvalue weighted by molar-refractivity contribution is 0.0454. The Morgan fingerprint density at radius 1 is 1.54 bits per heavy atom. The average molecular weight is 197 g/mol. The van der Waals surface area contributed by atoms with Crippen LogP contribution >= 0.6 is 11.8 Å². The van der Waals surface area contributed by atoms with Gasteiger partial charge in [0.05, 0.1) is 18.5 Å². The molecule has 1 aromatic heterocycles. The van der Waals surface area contributed by atoms with E-state index in [2.05, 4.69) is 9.97 Å². The van der Waals surface area contributed by atoms with Crippen LogP contribution in [-0.4, -0.2) is 28.4 Å². The maximum absolute atomic E-state index is 5.66. The average Bonchev–Trinajstić information content (AvgIpc) is 2.04. The summed E-state index contributed by atoms with van der Waals surface area (Å²) >= 11 is 1.72. The minimum atomic E-state index is 0.535. The molecule has 4 nitrogen and oxygen atoms in total. The van der Waals surface area contributed by atoms with Gasteiger partial charge in [-0.3, -0.25) is 0 Å². The number of nitrogens with zero attached hydrogens (tertiary/aromatic N) is 2. The third-order valence-corrected chi connectivity index (χ3v) is 3.20. The van der Waals surface area contributed by atoms with Gasteiger partial charge in [0.15, 0.2) is 0 Å². The summed E-state index contributed by atoms with van der Waals surface area (Å²) in [5.74, 6) is 0.567. The van der Waals surface area contributed by atoms with Crippen LogP contribution in [0.3, 0.4) is 0 Å². The van der Waals surface area contributed by atoms with Crippen molar-refractivity contribution < 1.29 is 4.74 Å². The van der Waals surface area contributed by atoms with Crippen LogP contribution in [0.2, 0.25) is 0 Å². The number of nitrogens with two attached hydrogens (primary N) is 1. The van der Waals surface area contributed by atoms with E-state index in [0.29, 0.717) is 11.1 Å². The number of aromatic nitrogens is 2. The van der Waals surface area contributed by atoms with Gasteiger partial charge < -0.3 is 10.5 Å². The number of hydrogen-bond donors (Lipinski definition) is 1. The van der Waals surface area contributed by atoms with Crippen LogP contribution in [0.5, 0.6) is 0 Å². The summed E-state index contributed by atoms with van der Waals surface area (Å²) in [5.41, 5.74) is 6.63. The molecule has 1 aliphatic heterocycles. The first kappa shape index (κ1) is 8.77. The zero-order chi connectivity index (χ0) is 9.26.